The van der Waals surface area contributed by atoms with Crippen LogP contribution in [0.4, 0.5) is 4.39 Å². The van der Waals surface area contributed by atoms with Crippen molar-refractivity contribution in [1.29, 1.82) is 0 Å². The normalized spacial score (nSPS) is 16.2. The maximum atomic E-state index is 14.1. The van der Waals surface area contributed by atoms with Crippen molar-refractivity contribution in [3.8, 4) is 0 Å². The molecule has 0 aromatic heterocycles. The van der Waals surface area contributed by atoms with E-state index < -0.39 is 20.8 Å². The Balaban J connectivity index is 2.44. The van der Waals surface area contributed by atoms with Crippen LogP contribution in [-0.2, 0) is 13.8 Å². The number of benzene rings is 1. The zero-order chi connectivity index (χ0) is 14.9. The fourth-order valence-electron chi connectivity index (χ4n) is 1.97. The van der Waals surface area contributed by atoms with Gasteiger partial charge in [0.05, 0.1) is 23.7 Å². The zero-order valence-electron chi connectivity index (χ0n) is 10.7. The lowest BCUT2D eigenvalue weighted by Crippen LogP contribution is -2.41. The number of hydrogen-bond acceptors (Lipinski definition) is 4. The molecule has 0 unspecified atom stereocenters. The van der Waals surface area contributed by atoms with Gasteiger partial charge in [0.1, 0.15) is 5.82 Å². The van der Waals surface area contributed by atoms with Crippen LogP contribution in [0, 0.1) is 12.7 Å². The van der Waals surface area contributed by atoms with Gasteiger partial charge < -0.3 is 9.64 Å². The number of carbonyl (C=O) groups excluding carboxylic acids is 1. The largest absolute Gasteiger partial charge is 0.378 e. The molecule has 1 saturated heterocycles. The van der Waals surface area contributed by atoms with Gasteiger partial charge in [0.25, 0.3) is 15.0 Å². The molecule has 0 atom stereocenters. The fourth-order valence-corrected chi connectivity index (χ4v) is 2.81. The van der Waals surface area contributed by atoms with Gasteiger partial charge in [0.15, 0.2) is 0 Å². The van der Waals surface area contributed by atoms with Crippen molar-refractivity contribution in [2.24, 2.45) is 0 Å². The number of amides is 1. The fraction of sp³-hybridized carbons (Fsp3) is 0.417. The highest BCUT2D eigenvalue weighted by Gasteiger charge is 2.25. The number of rotatable bonds is 2. The predicted molar refractivity (Wildman–Crippen MR) is 70.9 cm³/mol. The Hall–Kier alpha value is -1.18. The minimum absolute atomic E-state index is 0.0586. The lowest BCUT2D eigenvalue weighted by Gasteiger charge is -2.27. The smallest absolute Gasteiger partial charge is 0.261 e. The summed E-state index contributed by atoms with van der Waals surface area (Å²) in [7, 11) is 1.23. The molecule has 5 nitrogen and oxygen atoms in total. The van der Waals surface area contributed by atoms with Gasteiger partial charge in [-0.2, -0.15) is 0 Å². The quantitative estimate of drug-likeness (QED) is 0.775. The van der Waals surface area contributed by atoms with Gasteiger partial charge in [-0.1, -0.05) is 0 Å². The molecule has 1 aromatic carbocycles. The van der Waals surface area contributed by atoms with Crippen molar-refractivity contribution < 1.29 is 22.3 Å². The molecule has 0 aliphatic carbocycles. The lowest BCUT2D eigenvalue weighted by atomic mass is 10.1. The Morgan fingerprint density at radius 2 is 1.95 bits per heavy atom. The maximum Gasteiger partial charge on any atom is 0.261 e. The number of aryl methyl sites for hydroxylation is 1. The predicted octanol–water partition coefficient (Wildman–Crippen LogP) is 1.53. The highest BCUT2D eigenvalue weighted by Crippen LogP contribution is 2.23. The Morgan fingerprint density at radius 1 is 1.35 bits per heavy atom. The lowest BCUT2D eigenvalue weighted by molar-refractivity contribution is 0.0299. The highest BCUT2D eigenvalue weighted by atomic mass is 35.7. The minimum atomic E-state index is -4.02. The van der Waals surface area contributed by atoms with Crippen molar-refractivity contribution in [2.75, 3.05) is 26.3 Å². The van der Waals surface area contributed by atoms with E-state index in [-0.39, 0.29) is 16.0 Å². The number of nitrogens with zero attached hydrogens (tertiary/aromatic N) is 1. The Bertz CT molecular complexity index is 641. The van der Waals surface area contributed by atoms with Gasteiger partial charge in [-0.25, -0.2) is 12.8 Å². The summed E-state index contributed by atoms with van der Waals surface area (Å²) in [5.74, 6) is -1.29. The number of morpholine rings is 1. The first kappa shape index (κ1) is 15.2. The van der Waals surface area contributed by atoms with Gasteiger partial charge in [-0.15, -0.1) is 0 Å². The van der Waals surface area contributed by atoms with Gasteiger partial charge in [-0.05, 0) is 24.6 Å². The van der Waals surface area contributed by atoms with E-state index in [4.69, 9.17) is 15.4 Å². The van der Waals surface area contributed by atoms with Gasteiger partial charge in [0, 0.05) is 23.8 Å². The first-order chi connectivity index (χ1) is 9.30. The number of carbonyl (C=O) groups is 1. The molecule has 8 heteroatoms. The molecule has 1 aliphatic rings. The summed E-state index contributed by atoms with van der Waals surface area (Å²) in [6.45, 7) is 2.82. The van der Waals surface area contributed by atoms with Crippen LogP contribution in [0.1, 0.15) is 15.9 Å². The standard InChI is InChI=1S/C12H13ClFNO4S/c1-8-6-9(20(13,17)18)7-10(11(8)14)12(16)15-2-4-19-5-3-15/h6-7H,2-5H2,1H3. The second-order valence-corrected chi connectivity index (χ2v) is 7.01. The topological polar surface area (TPSA) is 63.7 Å². The number of halogens is 2. The van der Waals surface area contributed by atoms with Crippen molar-refractivity contribution in [1.82, 2.24) is 4.90 Å². The second kappa shape index (κ2) is 5.67. The molecule has 0 radical (unpaired) electrons. The van der Waals surface area contributed by atoms with E-state index in [2.05, 4.69) is 0 Å². The van der Waals surface area contributed by atoms with Crippen molar-refractivity contribution in [3.05, 3.63) is 29.1 Å². The third-order valence-electron chi connectivity index (χ3n) is 3.04. The molecule has 1 heterocycles. The van der Waals surface area contributed by atoms with E-state index in [1.807, 2.05) is 0 Å². The average Bonchev–Trinajstić information content (AvgIpc) is 2.40. The Kier molecular flexibility index (Phi) is 4.31. The molecular weight excluding hydrogens is 309 g/mol. The van der Waals surface area contributed by atoms with Crippen molar-refractivity contribution >= 4 is 25.6 Å². The SMILES string of the molecule is Cc1cc(S(=O)(=O)Cl)cc(C(=O)N2CCOCC2)c1F. The first-order valence-corrected chi connectivity index (χ1v) is 8.23. The summed E-state index contributed by atoms with van der Waals surface area (Å²) in [4.78, 5) is 13.4. The summed E-state index contributed by atoms with van der Waals surface area (Å²) in [5, 5.41) is 0. The summed E-state index contributed by atoms with van der Waals surface area (Å²) >= 11 is 0. The van der Waals surface area contributed by atoms with Crippen LogP contribution in [0.15, 0.2) is 17.0 Å². The molecule has 1 aromatic rings. The molecule has 20 heavy (non-hydrogen) atoms. The Morgan fingerprint density at radius 3 is 2.50 bits per heavy atom. The zero-order valence-corrected chi connectivity index (χ0v) is 12.3. The molecule has 0 spiro atoms. The maximum absolute atomic E-state index is 14.1. The van der Waals surface area contributed by atoms with E-state index in [0.717, 1.165) is 12.1 Å². The molecule has 0 saturated carbocycles. The van der Waals surface area contributed by atoms with E-state index in [0.29, 0.717) is 26.3 Å². The van der Waals surface area contributed by atoms with Crippen LogP contribution in [-0.4, -0.2) is 45.5 Å². The van der Waals surface area contributed by atoms with Crippen LogP contribution in [0.25, 0.3) is 0 Å². The van der Waals surface area contributed by atoms with Crippen LogP contribution < -0.4 is 0 Å². The molecular formula is C12H13ClFNO4S. The van der Waals surface area contributed by atoms with E-state index in [1.54, 1.807) is 0 Å². The molecule has 1 aliphatic heterocycles. The van der Waals surface area contributed by atoms with Gasteiger partial charge in [0.2, 0.25) is 0 Å². The summed E-state index contributed by atoms with van der Waals surface area (Å²) in [6.07, 6.45) is 0. The van der Waals surface area contributed by atoms with Crippen molar-refractivity contribution in [2.45, 2.75) is 11.8 Å². The number of ether oxygens (including phenoxy) is 1. The minimum Gasteiger partial charge on any atom is -0.378 e. The van der Waals surface area contributed by atoms with Crippen LogP contribution >= 0.6 is 10.7 Å². The second-order valence-electron chi connectivity index (χ2n) is 4.44. The van der Waals surface area contributed by atoms with E-state index in [1.165, 1.54) is 11.8 Å². The summed E-state index contributed by atoms with van der Waals surface area (Å²) in [6, 6.07) is 2.08. The third-order valence-corrected chi connectivity index (χ3v) is 4.37. The molecule has 2 rings (SSSR count). The van der Waals surface area contributed by atoms with Crippen LogP contribution in [0.2, 0.25) is 0 Å². The van der Waals surface area contributed by atoms with Gasteiger partial charge in [-0.3, -0.25) is 4.79 Å². The molecule has 0 N–H and O–H groups in total. The molecule has 0 bridgehead atoms. The summed E-state index contributed by atoms with van der Waals surface area (Å²) in [5.41, 5.74) is -0.227. The van der Waals surface area contributed by atoms with E-state index in [9.17, 15) is 17.6 Å². The Labute approximate surface area is 120 Å². The average molecular weight is 322 g/mol. The van der Waals surface area contributed by atoms with E-state index >= 15 is 0 Å². The molecule has 1 amide bonds. The van der Waals surface area contributed by atoms with Crippen molar-refractivity contribution in [3.63, 3.8) is 0 Å². The molecule has 1 fully saturated rings. The first-order valence-electron chi connectivity index (χ1n) is 5.92. The molecule has 110 valence electrons. The highest BCUT2D eigenvalue weighted by molar-refractivity contribution is 8.13. The monoisotopic (exact) mass is 321 g/mol. The van der Waals surface area contributed by atoms with Crippen LogP contribution in [0.3, 0.4) is 0 Å². The number of hydrogen-bond donors (Lipinski definition) is 0. The van der Waals surface area contributed by atoms with Gasteiger partial charge >= 0.3 is 0 Å². The summed E-state index contributed by atoms with van der Waals surface area (Å²) < 4.78 is 41.9. The third kappa shape index (κ3) is 3.11. The van der Waals surface area contributed by atoms with Crippen LogP contribution in [0.5, 0.6) is 0 Å².